The fourth-order valence-corrected chi connectivity index (χ4v) is 5.78. The molecular formula is C30H33N7O. The highest BCUT2D eigenvalue weighted by Gasteiger charge is 2.16. The number of ether oxygens (including phenoxy) is 1. The quantitative estimate of drug-likeness (QED) is 0.299. The van der Waals surface area contributed by atoms with E-state index in [0.717, 1.165) is 77.9 Å². The van der Waals surface area contributed by atoms with Gasteiger partial charge >= 0.3 is 0 Å². The Balaban J connectivity index is 1.11. The highest BCUT2D eigenvalue weighted by molar-refractivity contribution is 5.97. The number of aromatic nitrogens is 5. The van der Waals surface area contributed by atoms with Crippen LogP contribution in [0.1, 0.15) is 31.5 Å². The summed E-state index contributed by atoms with van der Waals surface area (Å²) in [6, 6.07) is 19.1. The lowest BCUT2D eigenvalue weighted by Gasteiger charge is -2.15. The van der Waals surface area contributed by atoms with Gasteiger partial charge in [-0.2, -0.15) is 10.2 Å². The third kappa shape index (κ3) is 4.77. The van der Waals surface area contributed by atoms with Crippen LogP contribution < -0.4 is 4.74 Å². The molecule has 2 fully saturated rings. The van der Waals surface area contributed by atoms with Gasteiger partial charge in [0.2, 0.25) is 0 Å². The Labute approximate surface area is 222 Å². The van der Waals surface area contributed by atoms with Gasteiger partial charge in [0.05, 0.1) is 17.8 Å². The average molecular weight is 508 g/mol. The summed E-state index contributed by atoms with van der Waals surface area (Å²) in [5, 5.41) is 18.9. The Morgan fingerprint density at radius 3 is 2.37 bits per heavy atom. The van der Waals surface area contributed by atoms with Gasteiger partial charge in [-0.25, -0.2) is 4.98 Å². The number of nitrogens with zero attached hydrogens (tertiary/aromatic N) is 5. The standard InChI is InChI=1S/C30H33N7O/c1-2-12-36(11-1)15-16-38-25-9-7-21-17-23(6-5-22(21)18-25)29-26-19-24(8-10-27(26)32-34-29)30-31-28(33-35-30)20-37-13-3-4-14-37/h5-10,17-19H,1-4,11-16,20H2,(H,32,34)(H,31,33,35). The normalized spacial score (nSPS) is 16.7. The molecule has 0 aliphatic carbocycles. The summed E-state index contributed by atoms with van der Waals surface area (Å²) in [6.07, 6.45) is 5.15. The van der Waals surface area contributed by atoms with Gasteiger partial charge in [0, 0.05) is 23.1 Å². The first-order valence-electron chi connectivity index (χ1n) is 13.8. The number of benzene rings is 3. The smallest absolute Gasteiger partial charge is 0.181 e. The second-order valence-electron chi connectivity index (χ2n) is 10.5. The molecule has 0 spiro atoms. The van der Waals surface area contributed by atoms with Crippen molar-refractivity contribution < 1.29 is 4.74 Å². The molecular weight excluding hydrogens is 474 g/mol. The van der Waals surface area contributed by atoms with E-state index in [2.05, 4.69) is 84.8 Å². The third-order valence-corrected chi connectivity index (χ3v) is 7.88. The minimum absolute atomic E-state index is 0.726. The van der Waals surface area contributed by atoms with Crippen molar-refractivity contribution in [1.29, 1.82) is 0 Å². The SMILES string of the molecule is c1cc2cc(-c3n[nH]c4ccc(-c5n[nH]c(CN6CCCC6)n5)cc34)ccc2cc1OCCN1CCCC1. The highest BCUT2D eigenvalue weighted by atomic mass is 16.5. The zero-order chi connectivity index (χ0) is 25.3. The van der Waals surface area contributed by atoms with E-state index in [1.54, 1.807) is 0 Å². The first kappa shape index (κ1) is 23.4. The van der Waals surface area contributed by atoms with Crippen molar-refractivity contribution in [2.45, 2.75) is 32.2 Å². The number of likely N-dealkylation sites (tertiary alicyclic amines) is 2. The zero-order valence-electron chi connectivity index (χ0n) is 21.6. The number of hydrogen-bond donors (Lipinski definition) is 2. The van der Waals surface area contributed by atoms with Crippen LogP contribution in [-0.4, -0.2) is 74.5 Å². The van der Waals surface area contributed by atoms with E-state index in [0.29, 0.717) is 0 Å². The summed E-state index contributed by atoms with van der Waals surface area (Å²) >= 11 is 0. The van der Waals surface area contributed by atoms with Crippen molar-refractivity contribution in [3.63, 3.8) is 0 Å². The summed E-state index contributed by atoms with van der Waals surface area (Å²) in [7, 11) is 0. The predicted octanol–water partition coefficient (Wildman–Crippen LogP) is 5.24. The molecule has 0 radical (unpaired) electrons. The van der Waals surface area contributed by atoms with Crippen LogP contribution in [0.4, 0.5) is 0 Å². The molecule has 0 saturated carbocycles. The summed E-state index contributed by atoms with van der Waals surface area (Å²) in [5.74, 6) is 2.57. The Kier molecular flexibility index (Phi) is 6.27. The van der Waals surface area contributed by atoms with Crippen LogP contribution in [0, 0.1) is 0 Å². The predicted molar refractivity (Wildman–Crippen MR) is 150 cm³/mol. The van der Waals surface area contributed by atoms with Gasteiger partial charge in [-0.05, 0) is 99.0 Å². The molecule has 8 heteroatoms. The van der Waals surface area contributed by atoms with Gasteiger partial charge in [-0.1, -0.05) is 18.2 Å². The molecule has 2 saturated heterocycles. The summed E-state index contributed by atoms with van der Waals surface area (Å²) in [4.78, 5) is 9.67. The summed E-state index contributed by atoms with van der Waals surface area (Å²) < 4.78 is 6.05. The summed E-state index contributed by atoms with van der Waals surface area (Å²) in [5.41, 5.74) is 4.00. The minimum atomic E-state index is 0.726. The number of rotatable bonds is 8. The number of nitrogens with one attached hydrogen (secondary N) is 2. The molecule has 7 rings (SSSR count). The van der Waals surface area contributed by atoms with Crippen LogP contribution in [-0.2, 0) is 6.54 Å². The molecule has 3 aromatic carbocycles. The molecule has 4 heterocycles. The van der Waals surface area contributed by atoms with E-state index in [-0.39, 0.29) is 0 Å². The Morgan fingerprint density at radius 1 is 0.737 bits per heavy atom. The maximum atomic E-state index is 6.05. The maximum absolute atomic E-state index is 6.05. The molecule has 0 amide bonds. The fourth-order valence-electron chi connectivity index (χ4n) is 5.78. The monoisotopic (exact) mass is 507 g/mol. The molecule has 2 aliphatic heterocycles. The molecule has 2 N–H and O–H groups in total. The topological polar surface area (TPSA) is 86.0 Å². The van der Waals surface area contributed by atoms with Crippen LogP contribution in [0.3, 0.4) is 0 Å². The second kappa shape index (κ2) is 10.2. The lowest BCUT2D eigenvalue weighted by atomic mass is 10.0. The van der Waals surface area contributed by atoms with Crippen molar-refractivity contribution in [3.05, 3.63) is 60.4 Å². The van der Waals surface area contributed by atoms with E-state index >= 15 is 0 Å². The van der Waals surface area contributed by atoms with Crippen LogP contribution in [0.5, 0.6) is 5.75 Å². The molecule has 0 atom stereocenters. The Morgan fingerprint density at radius 2 is 1.50 bits per heavy atom. The molecule has 2 aliphatic rings. The molecule has 38 heavy (non-hydrogen) atoms. The first-order chi connectivity index (χ1) is 18.8. The molecule has 0 bridgehead atoms. The van der Waals surface area contributed by atoms with E-state index in [9.17, 15) is 0 Å². The van der Waals surface area contributed by atoms with E-state index in [1.165, 1.54) is 49.5 Å². The van der Waals surface area contributed by atoms with Crippen molar-refractivity contribution in [2.24, 2.45) is 0 Å². The van der Waals surface area contributed by atoms with Crippen LogP contribution >= 0.6 is 0 Å². The van der Waals surface area contributed by atoms with Gasteiger partial charge in [-0.3, -0.25) is 20.0 Å². The largest absolute Gasteiger partial charge is 0.492 e. The van der Waals surface area contributed by atoms with Crippen molar-refractivity contribution in [2.75, 3.05) is 39.3 Å². The lowest BCUT2D eigenvalue weighted by Crippen LogP contribution is -2.25. The number of hydrogen-bond acceptors (Lipinski definition) is 6. The molecule has 194 valence electrons. The number of aromatic amines is 2. The molecule has 5 aromatic rings. The van der Waals surface area contributed by atoms with Gasteiger partial charge in [0.25, 0.3) is 0 Å². The first-order valence-corrected chi connectivity index (χ1v) is 13.8. The van der Waals surface area contributed by atoms with Crippen molar-refractivity contribution >= 4 is 21.7 Å². The third-order valence-electron chi connectivity index (χ3n) is 7.88. The maximum Gasteiger partial charge on any atom is 0.181 e. The van der Waals surface area contributed by atoms with Gasteiger partial charge in [0.1, 0.15) is 18.2 Å². The molecule has 0 unspecified atom stereocenters. The molecule has 2 aromatic heterocycles. The van der Waals surface area contributed by atoms with Crippen molar-refractivity contribution in [3.8, 4) is 28.4 Å². The Hall–Kier alpha value is -3.75. The van der Waals surface area contributed by atoms with E-state index in [1.807, 2.05) is 0 Å². The lowest BCUT2D eigenvalue weighted by molar-refractivity contribution is 0.238. The van der Waals surface area contributed by atoms with Gasteiger partial charge < -0.3 is 4.74 Å². The fraction of sp³-hybridized carbons (Fsp3) is 0.367. The number of H-pyrrole nitrogens is 2. The second-order valence-corrected chi connectivity index (χ2v) is 10.5. The van der Waals surface area contributed by atoms with Gasteiger partial charge in [-0.15, -0.1) is 0 Å². The highest BCUT2D eigenvalue weighted by Crippen LogP contribution is 2.32. The molecule has 8 nitrogen and oxygen atoms in total. The van der Waals surface area contributed by atoms with Gasteiger partial charge in [0.15, 0.2) is 5.82 Å². The van der Waals surface area contributed by atoms with E-state index in [4.69, 9.17) is 9.72 Å². The van der Waals surface area contributed by atoms with Crippen molar-refractivity contribution in [1.82, 2.24) is 35.2 Å². The zero-order valence-corrected chi connectivity index (χ0v) is 21.6. The average Bonchev–Trinajstić information content (AvgIpc) is 3.77. The van der Waals surface area contributed by atoms with Crippen LogP contribution in [0.25, 0.3) is 44.3 Å². The minimum Gasteiger partial charge on any atom is -0.492 e. The van der Waals surface area contributed by atoms with Crippen LogP contribution in [0.15, 0.2) is 54.6 Å². The summed E-state index contributed by atoms with van der Waals surface area (Å²) in [6.45, 7) is 7.23. The Bertz CT molecular complexity index is 1560. The van der Waals surface area contributed by atoms with Crippen LogP contribution in [0.2, 0.25) is 0 Å². The van der Waals surface area contributed by atoms with E-state index < -0.39 is 0 Å². The number of fused-ring (bicyclic) bond motifs is 2.